The first-order chi connectivity index (χ1) is 10.0. The highest BCUT2D eigenvalue weighted by atomic mass is 35.5. The summed E-state index contributed by atoms with van der Waals surface area (Å²) >= 11 is 7.07. The molecule has 0 aromatic carbocycles. The van der Waals surface area contributed by atoms with Gasteiger partial charge in [-0.3, -0.25) is 4.79 Å². The van der Waals surface area contributed by atoms with Crippen LogP contribution in [0.3, 0.4) is 0 Å². The van der Waals surface area contributed by atoms with E-state index in [-0.39, 0.29) is 17.1 Å². The van der Waals surface area contributed by atoms with Crippen molar-refractivity contribution in [3.05, 3.63) is 40.0 Å². The first-order valence-corrected chi connectivity index (χ1v) is 8.91. The number of sulfonamides is 1. The molecule has 6 nitrogen and oxygen atoms in total. The van der Waals surface area contributed by atoms with Gasteiger partial charge in [0.25, 0.3) is 15.9 Å². The van der Waals surface area contributed by atoms with Gasteiger partial charge in [0.1, 0.15) is 0 Å². The van der Waals surface area contributed by atoms with Gasteiger partial charge < -0.3 is 0 Å². The third kappa shape index (κ3) is 2.43. The number of carbonyl (C=O) groups excluding carboxylic acids is 1. The maximum absolute atomic E-state index is 12.3. The van der Waals surface area contributed by atoms with Crippen molar-refractivity contribution in [3.8, 4) is 0 Å². The summed E-state index contributed by atoms with van der Waals surface area (Å²) in [5, 5.41) is 2.40. The molecule has 2 aromatic heterocycles. The first kappa shape index (κ1) is 14.4. The Morgan fingerprint density at radius 1 is 1.38 bits per heavy atom. The normalized spacial score (nSPS) is 16.2. The van der Waals surface area contributed by atoms with Crippen molar-refractivity contribution in [2.45, 2.75) is 17.3 Å². The third-order valence-corrected chi connectivity index (χ3v) is 6.00. The van der Waals surface area contributed by atoms with E-state index in [0.29, 0.717) is 12.3 Å². The van der Waals surface area contributed by atoms with Crippen molar-refractivity contribution in [2.75, 3.05) is 6.54 Å². The molecule has 1 amide bonds. The highest BCUT2D eigenvalue weighted by molar-refractivity contribution is 7.90. The van der Waals surface area contributed by atoms with Crippen LogP contribution < -0.4 is 0 Å². The Kier molecular flexibility index (Phi) is 3.68. The summed E-state index contributed by atoms with van der Waals surface area (Å²) in [5.74, 6) is -0.223. The van der Waals surface area contributed by atoms with E-state index < -0.39 is 15.9 Å². The molecule has 1 aliphatic heterocycles. The van der Waals surface area contributed by atoms with E-state index in [1.807, 2.05) is 5.38 Å². The molecule has 1 aliphatic rings. The molecule has 0 N–H and O–H groups in total. The Bertz CT molecular complexity index is 804. The summed E-state index contributed by atoms with van der Waals surface area (Å²) in [6.45, 7) is 0.0484. The minimum absolute atomic E-state index is 0.0484. The van der Waals surface area contributed by atoms with E-state index in [1.165, 1.54) is 23.6 Å². The molecule has 0 unspecified atom stereocenters. The summed E-state index contributed by atoms with van der Waals surface area (Å²) in [6, 6.07) is 3.01. The molecule has 0 aliphatic carbocycles. The number of alkyl halides is 1. The van der Waals surface area contributed by atoms with Crippen molar-refractivity contribution in [1.29, 1.82) is 0 Å². The molecule has 0 radical (unpaired) electrons. The smallest absolute Gasteiger partial charge is 0.268 e. The van der Waals surface area contributed by atoms with Crippen LogP contribution in [0.4, 0.5) is 0 Å². The Labute approximate surface area is 130 Å². The molecule has 110 valence electrons. The molecule has 3 rings (SSSR count). The molecule has 0 spiro atoms. The minimum atomic E-state index is -3.84. The fraction of sp³-hybridized carbons (Fsp3) is 0.250. The molecule has 0 saturated heterocycles. The zero-order valence-corrected chi connectivity index (χ0v) is 13.1. The topological polar surface area (TPSA) is 80.2 Å². The van der Waals surface area contributed by atoms with Crippen molar-refractivity contribution < 1.29 is 13.2 Å². The van der Waals surface area contributed by atoms with Crippen LogP contribution in [0.2, 0.25) is 0 Å². The number of rotatable bonds is 4. The van der Waals surface area contributed by atoms with Crippen molar-refractivity contribution in [1.82, 2.24) is 14.3 Å². The molecule has 2 aromatic rings. The van der Waals surface area contributed by atoms with Crippen molar-refractivity contribution >= 4 is 38.9 Å². The molecule has 9 heteroatoms. The van der Waals surface area contributed by atoms with E-state index in [9.17, 15) is 13.2 Å². The minimum Gasteiger partial charge on any atom is -0.268 e. The maximum atomic E-state index is 12.3. The lowest BCUT2D eigenvalue weighted by molar-refractivity contribution is 0.0872. The van der Waals surface area contributed by atoms with Gasteiger partial charge in [-0.2, -0.15) is 8.42 Å². The second-order valence-electron chi connectivity index (χ2n) is 4.35. The fourth-order valence-corrected chi connectivity index (χ4v) is 4.55. The summed E-state index contributed by atoms with van der Waals surface area (Å²) in [7, 11) is -3.84. The lowest BCUT2D eigenvalue weighted by atomic mass is 10.2. The van der Waals surface area contributed by atoms with Crippen LogP contribution >= 0.6 is 22.9 Å². The molecule has 0 saturated carbocycles. The van der Waals surface area contributed by atoms with Gasteiger partial charge in [-0.05, 0) is 12.1 Å². The molecule has 0 atom stereocenters. The summed E-state index contributed by atoms with van der Waals surface area (Å²) < 4.78 is 25.4. The van der Waals surface area contributed by atoms with Gasteiger partial charge in [0.15, 0.2) is 5.03 Å². The Balaban J connectivity index is 1.82. The van der Waals surface area contributed by atoms with Gasteiger partial charge in [0, 0.05) is 24.5 Å². The monoisotopic (exact) mass is 343 g/mol. The Morgan fingerprint density at radius 2 is 2.19 bits per heavy atom. The molecule has 0 fully saturated rings. The van der Waals surface area contributed by atoms with Crippen LogP contribution in [-0.4, -0.2) is 35.1 Å². The largest absolute Gasteiger partial charge is 0.285 e. The van der Waals surface area contributed by atoms with Gasteiger partial charge in [0.2, 0.25) is 0 Å². The van der Waals surface area contributed by atoms with Crippen LogP contribution in [0.1, 0.15) is 21.1 Å². The van der Waals surface area contributed by atoms with Gasteiger partial charge in [0.05, 0.1) is 22.1 Å². The average molecular weight is 344 g/mol. The summed E-state index contributed by atoms with van der Waals surface area (Å²) in [4.78, 5) is 20.2. The molecule has 3 heterocycles. The fourth-order valence-electron chi connectivity index (χ4n) is 2.05. The van der Waals surface area contributed by atoms with Gasteiger partial charge in [-0.25, -0.2) is 14.3 Å². The quantitative estimate of drug-likeness (QED) is 0.789. The molecular formula is C12H10ClN3O3S2. The number of fused-ring (bicyclic) bond motifs is 1. The highest BCUT2D eigenvalue weighted by Gasteiger charge is 2.42. The lowest BCUT2D eigenvalue weighted by Crippen LogP contribution is -2.32. The zero-order chi connectivity index (χ0) is 15.0. The third-order valence-electron chi connectivity index (χ3n) is 3.03. The van der Waals surface area contributed by atoms with Crippen molar-refractivity contribution in [3.63, 3.8) is 0 Å². The number of amides is 1. The number of aromatic nitrogens is 2. The second kappa shape index (κ2) is 5.36. The lowest BCUT2D eigenvalue weighted by Gasteiger charge is -2.13. The molecule has 21 heavy (non-hydrogen) atoms. The second-order valence-corrected chi connectivity index (χ2v) is 7.34. The van der Waals surface area contributed by atoms with Gasteiger partial charge >= 0.3 is 0 Å². The van der Waals surface area contributed by atoms with E-state index in [0.717, 1.165) is 15.0 Å². The van der Waals surface area contributed by atoms with Gasteiger partial charge in [-0.1, -0.05) is 0 Å². The molecular weight excluding hydrogens is 334 g/mol. The van der Waals surface area contributed by atoms with E-state index in [1.54, 1.807) is 6.07 Å². The zero-order valence-electron chi connectivity index (χ0n) is 10.7. The standard InChI is InChI=1S/C12H10ClN3O3S2/c13-6-8-7-20-10(15-8)3-5-16-12(17)9-2-1-4-14-11(9)21(16,18)19/h1-2,4,7H,3,5-6H2. The number of nitrogens with zero attached hydrogens (tertiary/aromatic N) is 3. The van der Waals surface area contributed by atoms with Crippen LogP contribution in [-0.2, 0) is 22.3 Å². The highest BCUT2D eigenvalue weighted by Crippen LogP contribution is 2.28. The first-order valence-electron chi connectivity index (χ1n) is 6.05. The van der Waals surface area contributed by atoms with Gasteiger partial charge in [-0.15, -0.1) is 22.9 Å². The van der Waals surface area contributed by atoms with Crippen LogP contribution in [0, 0.1) is 0 Å². The molecule has 0 bridgehead atoms. The Morgan fingerprint density at radius 3 is 2.86 bits per heavy atom. The van der Waals surface area contributed by atoms with Crippen molar-refractivity contribution in [2.24, 2.45) is 0 Å². The Hall–Kier alpha value is -1.51. The predicted molar refractivity (Wildman–Crippen MR) is 77.8 cm³/mol. The number of thiazole rings is 1. The number of halogens is 1. The number of hydrogen-bond donors (Lipinski definition) is 0. The summed E-state index contributed by atoms with van der Waals surface area (Å²) in [5.41, 5.74) is 0.871. The predicted octanol–water partition coefficient (Wildman–Crippen LogP) is 1.66. The van der Waals surface area contributed by atoms with Crippen LogP contribution in [0.25, 0.3) is 0 Å². The van der Waals surface area contributed by atoms with E-state index in [4.69, 9.17) is 11.6 Å². The maximum Gasteiger partial charge on any atom is 0.285 e. The van der Waals surface area contributed by atoms with E-state index in [2.05, 4.69) is 9.97 Å². The van der Waals surface area contributed by atoms with Crippen LogP contribution in [0.15, 0.2) is 28.7 Å². The number of carbonyl (C=O) groups is 1. The summed E-state index contributed by atoms with van der Waals surface area (Å²) in [6.07, 6.45) is 1.72. The number of hydrogen-bond acceptors (Lipinski definition) is 6. The SMILES string of the molecule is O=C1c2cccnc2S(=O)(=O)N1CCc1nc(CCl)cs1. The number of pyridine rings is 1. The van der Waals surface area contributed by atoms with Crippen LogP contribution in [0.5, 0.6) is 0 Å². The average Bonchev–Trinajstić information content (AvgIpc) is 3.01. The van der Waals surface area contributed by atoms with E-state index >= 15 is 0 Å².